The number of carbonyl (C=O) groups excluding carboxylic acids is 1. The lowest BCUT2D eigenvalue weighted by molar-refractivity contribution is -0.132. The van der Waals surface area contributed by atoms with Crippen molar-refractivity contribution in [1.29, 1.82) is 0 Å². The van der Waals surface area contributed by atoms with E-state index in [4.69, 9.17) is 4.74 Å². The van der Waals surface area contributed by atoms with Gasteiger partial charge in [0.1, 0.15) is 17.3 Å². The summed E-state index contributed by atoms with van der Waals surface area (Å²) in [5.41, 5.74) is 1.58. The first-order valence-corrected chi connectivity index (χ1v) is 12.5. The molecular formula is C26H33F2N5O3. The van der Waals surface area contributed by atoms with Gasteiger partial charge in [-0.1, -0.05) is 0 Å². The maximum atomic E-state index is 14.1. The zero-order valence-electron chi connectivity index (χ0n) is 20.6. The van der Waals surface area contributed by atoms with E-state index in [2.05, 4.69) is 15.4 Å². The van der Waals surface area contributed by atoms with Crippen LogP contribution in [0.15, 0.2) is 41.6 Å². The Balaban J connectivity index is 1.18. The number of anilines is 2. The van der Waals surface area contributed by atoms with Gasteiger partial charge in [-0.25, -0.2) is 8.78 Å². The summed E-state index contributed by atoms with van der Waals surface area (Å²) in [6, 6.07) is 9.17. The highest BCUT2D eigenvalue weighted by atomic mass is 19.1. The van der Waals surface area contributed by atoms with Gasteiger partial charge < -0.3 is 19.9 Å². The Bertz CT molecular complexity index is 1050. The van der Waals surface area contributed by atoms with E-state index in [1.54, 1.807) is 12.1 Å². The second kappa shape index (κ2) is 12.1. The van der Waals surface area contributed by atoms with Gasteiger partial charge in [-0.05, 0) is 49.2 Å². The number of hydrogen-bond donors (Lipinski definition) is 1. The molecule has 10 heteroatoms. The highest BCUT2D eigenvalue weighted by molar-refractivity contribution is 5.76. The number of likely N-dealkylation sites (tertiary alicyclic amines) is 1. The molecular weight excluding hydrogens is 468 g/mol. The molecule has 0 spiro atoms. The number of nitrogens with one attached hydrogen (secondary N) is 1. The Morgan fingerprint density at radius 1 is 1.06 bits per heavy atom. The molecule has 0 aromatic heterocycles. The summed E-state index contributed by atoms with van der Waals surface area (Å²) in [6.45, 7) is 7.13. The molecule has 36 heavy (non-hydrogen) atoms. The molecule has 0 aliphatic carbocycles. The molecule has 2 heterocycles. The number of amides is 1. The lowest BCUT2D eigenvalue weighted by Gasteiger charge is -2.37. The number of carbonyl (C=O) groups is 1. The summed E-state index contributed by atoms with van der Waals surface area (Å²) in [5, 5.41) is 6.48. The normalized spacial score (nSPS) is 17.2. The van der Waals surface area contributed by atoms with Gasteiger partial charge in [0.05, 0.1) is 12.3 Å². The maximum absolute atomic E-state index is 14.1. The Morgan fingerprint density at radius 2 is 1.81 bits per heavy atom. The molecule has 2 aromatic carbocycles. The van der Waals surface area contributed by atoms with Crippen molar-refractivity contribution >= 4 is 23.0 Å². The Morgan fingerprint density at radius 3 is 2.47 bits per heavy atom. The molecule has 2 aliphatic heterocycles. The highest BCUT2D eigenvalue weighted by Crippen LogP contribution is 2.31. The van der Waals surface area contributed by atoms with Crippen LogP contribution < -0.4 is 15.0 Å². The topological polar surface area (TPSA) is 77.5 Å². The SMILES string of the molecule is CCOc1cc(NC2CCN(C(=O)CCN3CCN(c4ccc(F)cc4F)CC3)CC2)ccc1N=O. The van der Waals surface area contributed by atoms with Crippen LogP contribution in [0, 0.1) is 16.5 Å². The summed E-state index contributed by atoms with van der Waals surface area (Å²) in [5.74, 6) is -0.495. The average Bonchev–Trinajstić information content (AvgIpc) is 2.89. The number of benzene rings is 2. The van der Waals surface area contributed by atoms with E-state index in [1.165, 1.54) is 12.1 Å². The largest absolute Gasteiger partial charge is 0.491 e. The summed E-state index contributed by atoms with van der Waals surface area (Å²) < 4.78 is 32.7. The van der Waals surface area contributed by atoms with E-state index >= 15 is 0 Å². The summed E-state index contributed by atoms with van der Waals surface area (Å²) in [6.07, 6.45) is 2.14. The van der Waals surface area contributed by atoms with Gasteiger partial charge in [0, 0.05) is 76.1 Å². The van der Waals surface area contributed by atoms with Gasteiger partial charge >= 0.3 is 0 Å². The average molecular weight is 502 g/mol. The fourth-order valence-corrected chi connectivity index (χ4v) is 4.82. The number of nitroso groups, excluding NO2 is 1. The smallest absolute Gasteiger partial charge is 0.223 e. The molecule has 4 rings (SSSR count). The second-order valence-electron chi connectivity index (χ2n) is 9.18. The van der Waals surface area contributed by atoms with Crippen LogP contribution in [-0.4, -0.2) is 74.2 Å². The van der Waals surface area contributed by atoms with Crippen molar-refractivity contribution in [3.05, 3.63) is 52.9 Å². The minimum absolute atomic E-state index is 0.153. The predicted octanol–water partition coefficient (Wildman–Crippen LogP) is 4.38. The zero-order chi connectivity index (χ0) is 25.5. The van der Waals surface area contributed by atoms with Crippen molar-refractivity contribution in [1.82, 2.24) is 9.80 Å². The van der Waals surface area contributed by atoms with Crippen LogP contribution in [0.5, 0.6) is 5.75 Å². The van der Waals surface area contributed by atoms with Gasteiger partial charge in [0.2, 0.25) is 5.91 Å². The van der Waals surface area contributed by atoms with Gasteiger partial charge in [-0.15, -0.1) is 4.91 Å². The Labute approximate surface area is 210 Å². The molecule has 0 saturated carbocycles. The van der Waals surface area contributed by atoms with Crippen molar-refractivity contribution in [2.45, 2.75) is 32.2 Å². The molecule has 2 aliphatic rings. The summed E-state index contributed by atoms with van der Waals surface area (Å²) in [7, 11) is 0. The van der Waals surface area contributed by atoms with Gasteiger partial charge in [0.25, 0.3) is 0 Å². The van der Waals surface area contributed by atoms with Crippen LogP contribution >= 0.6 is 0 Å². The predicted molar refractivity (Wildman–Crippen MR) is 136 cm³/mol. The molecule has 2 aromatic rings. The van der Waals surface area contributed by atoms with Gasteiger partial charge in [0.15, 0.2) is 5.75 Å². The van der Waals surface area contributed by atoms with Crippen molar-refractivity contribution in [3.63, 3.8) is 0 Å². The van der Waals surface area contributed by atoms with Crippen LogP contribution in [0.4, 0.5) is 25.8 Å². The Kier molecular flexibility index (Phi) is 8.69. The van der Waals surface area contributed by atoms with E-state index in [1.807, 2.05) is 22.8 Å². The van der Waals surface area contributed by atoms with E-state index in [0.717, 1.165) is 37.7 Å². The number of rotatable bonds is 9. The summed E-state index contributed by atoms with van der Waals surface area (Å²) >= 11 is 0. The van der Waals surface area contributed by atoms with Crippen LogP contribution in [0.25, 0.3) is 0 Å². The molecule has 2 saturated heterocycles. The maximum Gasteiger partial charge on any atom is 0.223 e. The lowest BCUT2D eigenvalue weighted by atomic mass is 10.0. The van der Waals surface area contributed by atoms with Gasteiger partial charge in [-0.2, -0.15) is 0 Å². The third-order valence-corrected chi connectivity index (χ3v) is 6.84. The molecule has 1 N–H and O–H groups in total. The zero-order valence-corrected chi connectivity index (χ0v) is 20.6. The van der Waals surface area contributed by atoms with E-state index < -0.39 is 11.6 Å². The van der Waals surface area contributed by atoms with Gasteiger partial charge in [-0.3, -0.25) is 9.69 Å². The molecule has 1 amide bonds. The quantitative estimate of drug-likeness (QED) is 0.514. The first-order valence-electron chi connectivity index (χ1n) is 12.5. The minimum atomic E-state index is -0.574. The molecule has 0 bridgehead atoms. The molecule has 0 radical (unpaired) electrons. The van der Waals surface area contributed by atoms with Crippen molar-refractivity contribution in [2.24, 2.45) is 5.18 Å². The minimum Gasteiger partial charge on any atom is -0.491 e. The third-order valence-electron chi connectivity index (χ3n) is 6.84. The summed E-state index contributed by atoms with van der Waals surface area (Å²) in [4.78, 5) is 29.8. The monoisotopic (exact) mass is 501 g/mol. The number of piperazine rings is 1. The van der Waals surface area contributed by atoms with E-state index in [-0.39, 0.29) is 17.6 Å². The van der Waals surface area contributed by atoms with Crippen LogP contribution in [0.1, 0.15) is 26.2 Å². The standard InChI is InChI=1S/C26H33F2N5O3/c1-2-36-25-18-21(4-5-23(25)30-35)29-20-7-11-33(12-8-20)26(34)9-10-31-13-15-32(16-14-31)24-6-3-19(27)17-22(24)28/h3-6,17-18,20,29H,2,7-16H2,1H3. The van der Waals surface area contributed by atoms with Crippen molar-refractivity contribution < 1.29 is 18.3 Å². The van der Waals surface area contributed by atoms with Crippen LogP contribution in [0.2, 0.25) is 0 Å². The number of piperidine rings is 1. The van der Waals surface area contributed by atoms with Crippen LogP contribution in [-0.2, 0) is 4.79 Å². The first kappa shape index (κ1) is 25.8. The van der Waals surface area contributed by atoms with Crippen molar-refractivity contribution in [2.75, 3.05) is 62.6 Å². The number of hydrogen-bond acceptors (Lipinski definition) is 7. The lowest BCUT2D eigenvalue weighted by Crippen LogP contribution is -2.48. The molecule has 0 atom stereocenters. The van der Waals surface area contributed by atoms with E-state index in [0.29, 0.717) is 57.2 Å². The first-order chi connectivity index (χ1) is 17.5. The molecule has 0 unspecified atom stereocenters. The number of halogens is 2. The van der Waals surface area contributed by atoms with E-state index in [9.17, 15) is 18.5 Å². The third kappa shape index (κ3) is 6.48. The Hall–Kier alpha value is -3.27. The second-order valence-corrected chi connectivity index (χ2v) is 9.18. The number of ether oxygens (including phenoxy) is 1. The van der Waals surface area contributed by atoms with Crippen LogP contribution in [0.3, 0.4) is 0 Å². The van der Waals surface area contributed by atoms with Crippen molar-refractivity contribution in [3.8, 4) is 5.75 Å². The molecule has 8 nitrogen and oxygen atoms in total. The highest BCUT2D eigenvalue weighted by Gasteiger charge is 2.25. The number of nitrogens with zero attached hydrogens (tertiary/aromatic N) is 4. The fourth-order valence-electron chi connectivity index (χ4n) is 4.82. The molecule has 2 fully saturated rings. The fraction of sp³-hybridized carbons (Fsp3) is 0.500. The molecule has 194 valence electrons.